The molecular weight excluding hydrogens is 1220 g/mol. The van der Waals surface area contributed by atoms with Crippen LogP contribution in [0.3, 0.4) is 0 Å². The molecule has 93 heavy (non-hydrogen) atoms. The number of phosphoric ester groups is 2. The molecule has 0 saturated carbocycles. The normalized spacial score (nSPS) is 14.7. The number of carbonyl (C=O) groups excluding carboxylic acids is 4. The van der Waals surface area contributed by atoms with Crippen molar-refractivity contribution in [2.45, 2.75) is 394 Å². The van der Waals surface area contributed by atoms with E-state index < -0.39 is 97.5 Å². The fourth-order valence-corrected chi connectivity index (χ4v) is 12.8. The molecule has 0 spiro atoms. The first-order chi connectivity index (χ1) is 44.8. The van der Waals surface area contributed by atoms with Gasteiger partial charge in [0.1, 0.15) is 19.3 Å². The summed E-state index contributed by atoms with van der Waals surface area (Å²) in [5.41, 5.74) is 0. The van der Waals surface area contributed by atoms with Crippen molar-refractivity contribution in [3.05, 3.63) is 0 Å². The SMILES string of the molecule is CCCCCCCCCCCCCCC(=O)O[C@H](COC(=O)CCCCCCCCCCC(C)C)COP(=O)(O)OC[C@H](O)COP(=O)(O)OC[C@@H](COC(=O)CCCCCCCCCCC(C)CC)OC(=O)CCCCCCCCCCCCCCCCC(C)CC. The molecule has 0 radical (unpaired) electrons. The molecule has 17 nitrogen and oxygen atoms in total. The molecule has 0 aromatic heterocycles. The fraction of sp³-hybridized carbons (Fsp3) is 0.946. The van der Waals surface area contributed by atoms with Gasteiger partial charge in [-0.1, -0.05) is 325 Å². The molecule has 4 unspecified atom stereocenters. The van der Waals surface area contributed by atoms with Gasteiger partial charge >= 0.3 is 39.5 Å². The Labute approximate surface area is 568 Å². The minimum atomic E-state index is -4.96. The molecule has 3 N–H and O–H groups in total. The maximum atomic E-state index is 13.1. The van der Waals surface area contributed by atoms with Crippen molar-refractivity contribution in [3.63, 3.8) is 0 Å². The van der Waals surface area contributed by atoms with Crippen molar-refractivity contribution in [1.29, 1.82) is 0 Å². The number of esters is 4. The van der Waals surface area contributed by atoms with Crippen LogP contribution in [-0.4, -0.2) is 96.7 Å². The second kappa shape index (κ2) is 64.7. The van der Waals surface area contributed by atoms with Crippen LogP contribution in [0.1, 0.15) is 376 Å². The Bertz CT molecular complexity index is 1820. The van der Waals surface area contributed by atoms with E-state index in [-0.39, 0.29) is 25.7 Å². The van der Waals surface area contributed by atoms with Crippen LogP contribution in [0.2, 0.25) is 0 Å². The topological polar surface area (TPSA) is 237 Å². The number of carbonyl (C=O) groups is 4. The summed E-state index contributed by atoms with van der Waals surface area (Å²) in [6.07, 6.45) is 49.8. The zero-order valence-corrected chi connectivity index (χ0v) is 62.5. The number of phosphoric acid groups is 2. The summed E-state index contributed by atoms with van der Waals surface area (Å²) in [4.78, 5) is 72.7. The molecular formula is C74H144O17P2. The van der Waals surface area contributed by atoms with Crippen LogP contribution < -0.4 is 0 Å². The predicted molar refractivity (Wildman–Crippen MR) is 377 cm³/mol. The first-order valence-electron chi connectivity index (χ1n) is 38.4. The van der Waals surface area contributed by atoms with Gasteiger partial charge in [0.05, 0.1) is 26.4 Å². The summed E-state index contributed by atoms with van der Waals surface area (Å²) in [6, 6.07) is 0. The highest BCUT2D eigenvalue weighted by atomic mass is 31.2. The Morgan fingerprint density at radius 3 is 0.817 bits per heavy atom. The van der Waals surface area contributed by atoms with E-state index in [4.69, 9.17) is 37.0 Å². The smallest absolute Gasteiger partial charge is 0.462 e. The number of aliphatic hydroxyl groups excluding tert-OH is 1. The molecule has 0 aromatic carbocycles. The first kappa shape index (κ1) is 91.1. The molecule has 0 saturated heterocycles. The summed E-state index contributed by atoms with van der Waals surface area (Å²) >= 11 is 0. The lowest BCUT2D eigenvalue weighted by Crippen LogP contribution is -2.30. The molecule has 0 amide bonds. The number of rotatable bonds is 72. The van der Waals surface area contributed by atoms with Gasteiger partial charge in [-0.15, -0.1) is 0 Å². The minimum absolute atomic E-state index is 0.106. The molecule has 7 atom stereocenters. The van der Waals surface area contributed by atoms with Crippen LogP contribution in [0.4, 0.5) is 0 Å². The van der Waals surface area contributed by atoms with Gasteiger partial charge in [-0.05, 0) is 43.4 Å². The third-order valence-electron chi connectivity index (χ3n) is 17.9. The summed E-state index contributed by atoms with van der Waals surface area (Å²) in [5, 5.41) is 10.6. The highest BCUT2D eigenvalue weighted by molar-refractivity contribution is 7.47. The van der Waals surface area contributed by atoms with Gasteiger partial charge in [0.2, 0.25) is 0 Å². The highest BCUT2D eigenvalue weighted by Gasteiger charge is 2.30. The second-order valence-electron chi connectivity index (χ2n) is 27.6. The molecule has 0 aliphatic rings. The highest BCUT2D eigenvalue weighted by Crippen LogP contribution is 2.45. The average Bonchev–Trinajstić information content (AvgIpc) is 1.59. The lowest BCUT2D eigenvalue weighted by molar-refractivity contribution is -0.161. The predicted octanol–water partition coefficient (Wildman–Crippen LogP) is 21.4. The Morgan fingerprint density at radius 2 is 0.548 bits per heavy atom. The molecule has 0 aliphatic carbocycles. The van der Waals surface area contributed by atoms with E-state index in [1.54, 1.807) is 0 Å². The quantitative estimate of drug-likeness (QED) is 0.0222. The number of hydrogen-bond acceptors (Lipinski definition) is 15. The monoisotopic (exact) mass is 1370 g/mol. The Kier molecular flexibility index (Phi) is 63.4. The van der Waals surface area contributed by atoms with Crippen molar-refractivity contribution < 1.29 is 80.2 Å². The third kappa shape index (κ3) is 65.8. The van der Waals surface area contributed by atoms with Gasteiger partial charge in [-0.25, -0.2) is 9.13 Å². The standard InChI is InChI=1S/C74H144O17P2/c1-8-11-12-13-14-15-16-22-25-36-43-50-57-73(78)90-69(61-84-71(76)55-48-41-34-29-27-31-38-45-52-65(4)5)63-88-92(80,81)86-59-68(75)60-87-93(82,83)89-64-70(62-85-72(77)56-49-42-35-30-28-33-40-47-54-67(7)10-3)91-74(79)58-51-44-37-26-23-20-18-17-19-21-24-32-39-46-53-66(6)9-2/h65-70,75H,8-64H2,1-7H3,(H,80,81)(H,82,83)/t66?,67?,68-,69+,70+/m0/s1. The molecule has 0 bridgehead atoms. The fourth-order valence-electron chi connectivity index (χ4n) is 11.2. The van der Waals surface area contributed by atoms with E-state index in [0.29, 0.717) is 25.7 Å². The van der Waals surface area contributed by atoms with E-state index in [2.05, 4.69) is 48.5 Å². The van der Waals surface area contributed by atoms with Crippen LogP contribution in [0.25, 0.3) is 0 Å². The molecule has 19 heteroatoms. The van der Waals surface area contributed by atoms with E-state index in [1.807, 2.05) is 0 Å². The van der Waals surface area contributed by atoms with Crippen molar-refractivity contribution in [2.75, 3.05) is 39.6 Å². The van der Waals surface area contributed by atoms with Crippen LogP contribution >= 0.6 is 15.6 Å². The zero-order valence-electron chi connectivity index (χ0n) is 60.7. The lowest BCUT2D eigenvalue weighted by atomic mass is 9.99. The van der Waals surface area contributed by atoms with E-state index in [0.717, 1.165) is 108 Å². The van der Waals surface area contributed by atoms with Crippen LogP contribution in [0.15, 0.2) is 0 Å². The van der Waals surface area contributed by atoms with Gasteiger partial charge in [-0.3, -0.25) is 37.3 Å². The Balaban J connectivity index is 5.25. The molecule has 0 fully saturated rings. The van der Waals surface area contributed by atoms with E-state index in [9.17, 15) is 43.2 Å². The molecule has 0 heterocycles. The number of ether oxygens (including phenoxy) is 4. The van der Waals surface area contributed by atoms with Gasteiger partial charge < -0.3 is 33.8 Å². The van der Waals surface area contributed by atoms with E-state index in [1.165, 1.54) is 186 Å². The molecule has 0 rings (SSSR count). The summed E-state index contributed by atoms with van der Waals surface area (Å²) in [6.45, 7) is 11.9. The Hall–Kier alpha value is -1.94. The zero-order chi connectivity index (χ0) is 68.7. The van der Waals surface area contributed by atoms with E-state index >= 15 is 0 Å². The maximum absolute atomic E-state index is 13.1. The summed E-state index contributed by atoms with van der Waals surface area (Å²) < 4.78 is 68.4. The summed E-state index contributed by atoms with van der Waals surface area (Å²) in [7, 11) is -9.91. The average molecular weight is 1370 g/mol. The molecule has 0 aromatic rings. The summed E-state index contributed by atoms with van der Waals surface area (Å²) in [5.74, 6) is 0.230. The number of hydrogen-bond donors (Lipinski definition) is 3. The molecule has 0 aliphatic heterocycles. The van der Waals surface area contributed by atoms with Crippen LogP contribution in [0.5, 0.6) is 0 Å². The lowest BCUT2D eigenvalue weighted by Gasteiger charge is -2.21. The van der Waals surface area contributed by atoms with Crippen molar-refractivity contribution >= 4 is 39.5 Å². The maximum Gasteiger partial charge on any atom is 0.472 e. The van der Waals surface area contributed by atoms with Gasteiger partial charge in [0, 0.05) is 25.7 Å². The first-order valence-corrected chi connectivity index (χ1v) is 41.4. The van der Waals surface area contributed by atoms with Crippen molar-refractivity contribution in [1.82, 2.24) is 0 Å². The van der Waals surface area contributed by atoms with Gasteiger partial charge in [0.15, 0.2) is 12.2 Å². The minimum Gasteiger partial charge on any atom is -0.462 e. The van der Waals surface area contributed by atoms with Gasteiger partial charge in [0.25, 0.3) is 0 Å². The molecule has 552 valence electrons. The Morgan fingerprint density at radius 1 is 0.312 bits per heavy atom. The van der Waals surface area contributed by atoms with Crippen molar-refractivity contribution in [3.8, 4) is 0 Å². The van der Waals surface area contributed by atoms with Crippen molar-refractivity contribution in [2.24, 2.45) is 17.8 Å². The largest absolute Gasteiger partial charge is 0.472 e. The second-order valence-corrected chi connectivity index (χ2v) is 30.6. The third-order valence-corrected chi connectivity index (χ3v) is 19.8. The number of aliphatic hydroxyl groups is 1. The van der Waals surface area contributed by atoms with Crippen LogP contribution in [0, 0.1) is 17.8 Å². The van der Waals surface area contributed by atoms with Crippen LogP contribution in [-0.2, 0) is 65.4 Å². The number of unbranched alkanes of at least 4 members (excludes halogenated alkanes) is 38. The van der Waals surface area contributed by atoms with Gasteiger partial charge in [-0.2, -0.15) is 0 Å².